The van der Waals surface area contributed by atoms with Gasteiger partial charge in [-0.1, -0.05) is 11.8 Å². The number of imidazole rings is 1. The van der Waals surface area contributed by atoms with Crippen LogP contribution in [0.25, 0.3) is 0 Å². The summed E-state index contributed by atoms with van der Waals surface area (Å²) in [6.07, 6.45) is -3.02. The van der Waals surface area contributed by atoms with Gasteiger partial charge in [0.1, 0.15) is 18.0 Å². The first-order chi connectivity index (χ1) is 14.7. The number of nitrogens with zero attached hydrogens (tertiary/aromatic N) is 6. The van der Waals surface area contributed by atoms with Crippen LogP contribution in [0.4, 0.5) is 23.9 Å². The minimum atomic E-state index is -4.50. The van der Waals surface area contributed by atoms with E-state index in [-0.39, 0.29) is 16.8 Å². The van der Waals surface area contributed by atoms with Crippen molar-refractivity contribution in [3.8, 4) is 0 Å². The molecule has 12 nitrogen and oxygen atoms in total. The van der Waals surface area contributed by atoms with Crippen LogP contribution in [0.15, 0.2) is 29.0 Å². The fourth-order valence-electron chi connectivity index (χ4n) is 2.92. The van der Waals surface area contributed by atoms with Crippen molar-refractivity contribution in [2.24, 2.45) is 0 Å². The van der Waals surface area contributed by atoms with Crippen LogP contribution in [0.1, 0.15) is 0 Å². The predicted octanol–water partition coefficient (Wildman–Crippen LogP) is 1.35. The number of alkyl halides is 3. The topological polar surface area (TPSA) is 151 Å². The van der Waals surface area contributed by atoms with Gasteiger partial charge in [0.05, 0.1) is 0 Å². The van der Waals surface area contributed by atoms with Crippen molar-refractivity contribution in [3.05, 3.63) is 23.8 Å². The Morgan fingerprint density at radius 2 is 2.29 bits per heavy atom. The van der Waals surface area contributed by atoms with Gasteiger partial charge in [0.2, 0.25) is 17.0 Å². The van der Waals surface area contributed by atoms with E-state index >= 15 is 0 Å². The third-order valence-electron chi connectivity index (χ3n) is 4.17. The molecule has 0 aliphatic carbocycles. The molecule has 0 radical (unpaired) electrons. The van der Waals surface area contributed by atoms with Crippen LogP contribution >= 0.6 is 23.5 Å². The number of β-lactam (4-membered cyclic amide) rings is 1. The van der Waals surface area contributed by atoms with Gasteiger partial charge in [-0.3, -0.25) is 9.69 Å². The number of aromatic amines is 1. The highest BCUT2D eigenvalue weighted by Crippen LogP contribution is 2.42. The molecule has 1 amide bonds. The molecule has 2 aromatic heterocycles. The number of hydrogen-bond donors (Lipinski definition) is 3. The van der Waals surface area contributed by atoms with Gasteiger partial charge in [-0.15, -0.1) is 16.9 Å². The van der Waals surface area contributed by atoms with Crippen molar-refractivity contribution < 1.29 is 32.6 Å². The van der Waals surface area contributed by atoms with Crippen molar-refractivity contribution in [3.63, 3.8) is 0 Å². The molecule has 0 aromatic carbocycles. The van der Waals surface area contributed by atoms with Crippen molar-refractivity contribution >= 4 is 41.5 Å². The fourth-order valence-corrected chi connectivity index (χ4v) is 5.25. The molecule has 2 aromatic rings. The molecule has 0 spiro atoms. The van der Waals surface area contributed by atoms with E-state index in [1.54, 1.807) is 6.20 Å². The Hall–Kier alpha value is -2.95. The highest BCUT2D eigenvalue weighted by molar-refractivity contribution is 8.01. The van der Waals surface area contributed by atoms with Gasteiger partial charge >= 0.3 is 12.3 Å². The maximum Gasteiger partial charge on any atom is 0.512 e. The van der Waals surface area contributed by atoms with Crippen LogP contribution < -0.4 is 5.32 Å². The number of ether oxygens (including phenoxy) is 1. The molecule has 17 heteroatoms. The number of tetrazole rings is 1. The lowest BCUT2D eigenvalue weighted by Crippen LogP contribution is -2.67. The molecule has 31 heavy (non-hydrogen) atoms. The number of aromatic nitrogens is 6. The molecule has 0 saturated carbocycles. The summed E-state index contributed by atoms with van der Waals surface area (Å²) >= 11 is 2.23. The molecule has 0 bridgehead atoms. The minimum Gasteiger partial charge on any atom is -0.449 e. The largest absolute Gasteiger partial charge is 0.512 e. The van der Waals surface area contributed by atoms with Crippen LogP contribution in [0, 0.1) is 0 Å². The Labute approximate surface area is 179 Å². The standard InChI is InChI=1S/C14H13F3N8O4S2/c15-14(16,17)5-24-12(21-22-23-24)31-4-6-3-30-10-7(20-11-18-1-2-19-11)8(26)25(10)9(6)29-13(27)28/h1-2,7,10H,3-5H2,(H,27,28)(H2,18,19,20)/t7?,10-/m0/s1. The van der Waals surface area contributed by atoms with E-state index in [9.17, 15) is 22.8 Å². The SMILES string of the molecule is O=C(O)OC1=C(CSc2nnnn2CC(F)(F)F)CS[C@H]2C(Nc3ncc[nH]3)C(=O)N12. The molecule has 4 heterocycles. The van der Waals surface area contributed by atoms with Gasteiger partial charge < -0.3 is 20.1 Å². The number of amides is 1. The summed E-state index contributed by atoms with van der Waals surface area (Å²) in [7, 11) is 0. The number of thioether (sulfide) groups is 2. The Bertz CT molecular complexity index is 1010. The average Bonchev–Trinajstić information content (AvgIpc) is 3.35. The normalized spacial score (nSPS) is 21.0. The predicted molar refractivity (Wildman–Crippen MR) is 99.8 cm³/mol. The van der Waals surface area contributed by atoms with E-state index in [4.69, 9.17) is 9.84 Å². The molecule has 2 aliphatic rings. The number of nitrogens with one attached hydrogen (secondary N) is 2. The molecular formula is C14H13F3N8O4S2. The van der Waals surface area contributed by atoms with E-state index in [0.29, 0.717) is 22.0 Å². The van der Waals surface area contributed by atoms with Gasteiger partial charge in [0.25, 0.3) is 5.91 Å². The van der Waals surface area contributed by atoms with Gasteiger partial charge in [0, 0.05) is 29.5 Å². The van der Waals surface area contributed by atoms with E-state index < -0.39 is 36.2 Å². The minimum absolute atomic E-state index is 0.0284. The summed E-state index contributed by atoms with van der Waals surface area (Å²) in [6.45, 7) is -1.36. The number of halogens is 3. The molecule has 2 aliphatic heterocycles. The summed E-state index contributed by atoms with van der Waals surface area (Å²) in [5.74, 6) is 0.137. The third-order valence-corrected chi connectivity index (χ3v) is 6.55. The number of carboxylic acid groups (broad SMARTS) is 1. The summed E-state index contributed by atoms with van der Waals surface area (Å²) < 4.78 is 43.4. The Balaban J connectivity index is 1.50. The first-order valence-electron chi connectivity index (χ1n) is 8.52. The molecule has 1 fully saturated rings. The summed E-state index contributed by atoms with van der Waals surface area (Å²) in [5, 5.41) is 21.6. The van der Waals surface area contributed by atoms with E-state index in [0.717, 1.165) is 11.8 Å². The second-order valence-electron chi connectivity index (χ2n) is 6.27. The van der Waals surface area contributed by atoms with Crippen molar-refractivity contribution in [1.29, 1.82) is 0 Å². The van der Waals surface area contributed by atoms with Gasteiger partial charge in [-0.05, 0) is 10.4 Å². The van der Waals surface area contributed by atoms with Crippen molar-refractivity contribution in [2.45, 2.75) is 29.3 Å². The highest BCUT2D eigenvalue weighted by Gasteiger charge is 2.53. The van der Waals surface area contributed by atoms with Gasteiger partial charge in [-0.25, -0.2) is 14.5 Å². The number of hydrogen-bond acceptors (Lipinski definition) is 10. The zero-order chi connectivity index (χ0) is 22.2. The maximum absolute atomic E-state index is 12.6. The van der Waals surface area contributed by atoms with E-state index in [2.05, 4.69) is 30.8 Å². The van der Waals surface area contributed by atoms with Crippen LogP contribution in [0.3, 0.4) is 0 Å². The quantitative estimate of drug-likeness (QED) is 0.300. The summed E-state index contributed by atoms with van der Waals surface area (Å²) in [5.41, 5.74) is 0.417. The monoisotopic (exact) mass is 478 g/mol. The number of H-pyrrole nitrogens is 1. The zero-order valence-corrected chi connectivity index (χ0v) is 16.9. The van der Waals surface area contributed by atoms with E-state index in [1.807, 2.05) is 0 Å². The molecular weight excluding hydrogens is 465 g/mol. The molecule has 4 rings (SSSR count). The third kappa shape index (κ3) is 4.55. The molecule has 2 atom stereocenters. The number of carbonyl (C=O) groups is 2. The van der Waals surface area contributed by atoms with Crippen LogP contribution in [0.2, 0.25) is 0 Å². The van der Waals surface area contributed by atoms with Gasteiger partial charge in [-0.2, -0.15) is 13.2 Å². The summed E-state index contributed by atoms with van der Waals surface area (Å²) in [4.78, 5) is 31.8. The summed E-state index contributed by atoms with van der Waals surface area (Å²) in [6, 6.07) is -0.642. The fraction of sp³-hybridized carbons (Fsp3) is 0.429. The smallest absolute Gasteiger partial charge is 0.449 e. The lowest BCUT2D eigenvalue weighted by molar-refractivity contribution is -0.145. The second kappa shape index (κ2) is 8.29. The Kier molecular flexibility index (Phi) is 5.69. The van der Waals surface area contributed by atoms with E-state index in [1.165, 1.54) is 22.9 Å². The highest BCUT2D eigenvalue weighted by atomic mass is 32.2. The lowest BCUT2D eigenvalue weighted by atomic mass is 10.1. The lowest BCUT2D eigenvalue weighted by Gasteiger charge is -2.49. The zero-order valence-electron chi connectivity index (χ0n) is 15.2. The van der Waals surface area contributed by atoms with Crippen LogP contribution in [-0.4, -0.2) is 81.3 Å². The second-order valence-corrected chi connectivity index (χ2v) is 8.32. The molecule has 3 N–H and O–H groups in total. The van der Waals surface area contributed by atoms with Crippen LogP contribution in [-0.2, 0) is 16.1 Å². The molecule has 1 saturated heterocycles. The number of rotatable bonds is 7. The number of anilines is 1. The van der Waals surface area contributed by atoms with Gasteiger partial charge in [0.15, 0.2) is 0 Å². The van der Waals surface area contributed by atoms with Crippen molar-refractivity contribution in [2.75, 3.05) is 16.8 Å². The van der Waals surface area contributed by atoms with Crippen molar-refractivity contribution in [1.82, 2.24) is 35.1 Å². The van der Waals surface area contributed by atoms with Crippen LogP contribution in [0.5, 0.6) is 0 Å². The average molecular weight is 478 g/mol. The molecule has 1 unspecified atom stereocenters. The Morgan fingerprint density at radius 1 is 1.48 bits per heavy atom. The maximum atomic E-state index is 12.6. The first kappa shape index (κ1) is 21.3. The first-order valence-corrected chi connectivity index (χ1v) is 10.6. The Morgan fingerprint density at radius 3 is 2.97 bits per heavy atom. The number of fused-ring (bicyclic) bond motifs is 1. The molecule has 166 valence electrons. The number of carbonyl (C=O) groups excluding carboxylic acids is 1.